The van der Waals surface area contributed by atoms with E-state index >= 15 is 0 Å². The zero-order chi connectivity index (χ0) is 17.5. The van der Waals surface area contributed by atoms with Gasteiger partial charge in [0.2, 0.25) is 11.8 Å². The highest BCUT2D eigenvalue weighted by Crippen LogP contribution is 2.60. The topological polar surface area (TPSA) is 76.7 Å². The Bertz CT molecular complexity index is 426. The summed E-state index contributed by atoms with van der Waals surface area (Å²) in [6.07, 6.45) is 2.38. The number of carbonyl (C=O) groups is 2. The number of nitrogens with one attached hydrogen (secondary N) is 2. The molecule has 2 bridgehead atoms. The first-order valence-electron chi connectivity index (χ1n) is 8.22. The standard InChI is InChI=1S/C17H30N2O4/c1-14(2,3)22-7-12(20)18-16-9-17(10-16,11-16)19-13(21)8-23-15(4,5)6/h7-11H2,1-6H3,(H,18,20)(H,19,21). The lowest BCUT2D eigenvalue weighted by Gasteiger charge is -2.70. The summed E-state index contributed by atoms with van der Waals surface area (Å²) in [6.45, 7) is 11.7. The first-order chi connectivity index (χ1) is 10.3. The SMILES string of the molecule is CC(C)(C)OCC(=O)NC12CC(NC(=O)COC(C)(C)C)(C1)C2. The Morgan fingerprint density at radius 3 is 1.35 bits per heavy atom. The molecule has 0 aromatic carbocycles. The van der Waals surface area contributed by atoms with E-state index in [1.165, 1.54) is 0 Å². The van der Waals surface area contributed by atoms with Crippen molar-refractivity contribution < 1.29 is 19.1 Å². The molecule has 3 rings (SSSR count). The molecule has 3 aliphatic carbocycles. The fourth-order valence-electron chi connectivity index (χ4n) is 3.28. The average Bonchev–Trinajstić information content (AvgIpc) is 2.28. The molecule has 0 spiro atoms. The molecule has 2 N–H and O–H groups in total. The van der Waals surface area contributed by atoms with E-state index < -0.39 is 0 Å². The molecule has 0 atom stereocenters. The Labute approximate surface area is 138 Å². The van der Waals surface area contributed by atoms with Gasteiger partial charge >= 0.3 is 0 Å². The summed E-state index contributed by atoms with van der Waals surface area (Å²) in [6, 6.07) is 0. The third-order valence-corrected chi connectivity index (χ3v) is 4.11. The lowest BCUT2D eigenvalue weighted by Crippen LogP contribution is -2.84. The Kier molecular flexibility index (Phi) is 4.54. The maximum Gasteiger partial charge on any atom is 0.246 e. The third kappa shape index (κ3) is 4.91. The summed E-state index contributed by atoms with van der Waals surface area (Å²) < 4.78 is 11.0. The first-order valence-corrected chi connectivity index (χ1v) is 8.22. The smallest absolute Gasteiger partial charge is 0.246 e. The number of carbonyl (C=O) groups excluding carboxylic acids is 2. The van der Waals surface area contributed by atoms with Crippen LogP contribution in [0.25, 0.3) is 0 Å². The van der Waals surface area contributed by atoms with Crippen LogP contribution >= 0.6 is 0 Å². The number of ether oxygens (including phenoxy) is 2. The molecule has 0 unspecified atom stereocenters. The van der Waals surface area contributed by atoms with E-state index in [0.717, 1.165) is 19.3 Å². The molecule has 6 nitrogen and oxygen atoms in total. The van der Waals surface area contributed by atoms with Gasteiger partial charge in [0.25, 0.3) is 0 Å². The fraction of sp³-hybridized carbons (Fsp3) is 0.882. The Hall–Kier alpha value is -1.14. The van der Waals surface area contributed by atoms with Crippen molar-refractivity contribution >= 4 is 11.8 Å². The highest BCUT2D eigenvalue weighted by Gasteiger charge is 2.69. The molecule has 6 heteroatoms. The van der Waals surface area contributed by atoms with Crippen molar-refractivity contribution in [2.75, 3.05) is 13.2 Å². The molecule has 2 amide bonds. The second-order valence-electron chi connectivity index (χ2n) is 8.99. The fourth-order valence-corrected chi connectivity index (χ4v) is 3.28. The van der Waals surface area contributed by atoms with E-state index in [9.17, 15) is 9.59 Å². The molecular formula is C17H30N2O4. The molecule has 132 valence electrons. The maximum atomic E-state index is 11.9. The molecule has 0 aliphatic heterocycles. The van der Waals surface area contributed by atoms with Gasteiger partial charge in [0.05, 0.1) is 11.2 Å². The zero-order valence-electron chi connectivity index (χ0n) is 15.2. The number of amides is 2. The molecule has 0 saturated heterocycles. The van der Waals surface area contributed by atoms with Crippen molar-refractivity contribution in [1.29, 1.82) is 0 Å². The van der Waals surface area contributed by atoms with Gasteiger partial charge in [-0.15, -0.1) is 0 Å². The van der Waals surface area contributed by atoms with Crippen molar-refractivity contribution in [2.24, 2.45) is 0 Å². The predicted molar refractivity (Wildman–Crippen MR) is 87.0 cm³/mol. The van der Waals surface area contributed by atoms with Crippen LogP contribution in [-0.4, -0.2) is 47.3 Å². The van der Waals surface area contributed by atoms with Crippen LogP contribution in [-0.2, 0) is 19.1 Å². The van der Waals surface area contributed by atoms with Crippen LogP contribution in [0.3, 0.4) is 0 Å². The first kappa shape index (κ1) is 18.2. The monoisotopic (exact) mass is 326 g/mol. The lowest BCUT2D eigenvalue weighted by atomic mass is 9.44. The second-order valence-corrected chi connectivity index (χ2v) is 8.99. The summed E-state index contributed by atoms with van der Waals surface area (Å²) in [5.74, 6) is -0.175. The van der Waals surface area contributed by atoms with E-state index in [-0.39, 0.29) is 47.3 Å². The average molecular weight is 326 g/mol. The lowest BCUT2D eigenvalue weighted by molar-refractivity contribution is -0.157. The van der Waals surface area contributed by atoms with E-state index in [1.54, 1.807) is 0 Å². The van der Waals surface area contributed by atoms with Gasteiger partial charge in [-0.3, -0.25) is 9.59 Å². The summed E-state index contributed by atoms with van der Waals surface area (Å²) >= 11 is 0. The Morgan fingerprint density at radius 1 is 0.783 bits per heavy atom. The van der Waals surface area contributed by atoms with Crippen molar-refractivity contribution in [3.05, 3.63) is 0 Å². The van der Waals surface area contributed by atoms with Gasteiger partial charge in [-0.2, -0.15) is 0 Å². The van der Waals surface area contributed by atoms with Gasteiger partial charge in [-0.1, -0.05) is 0 Å². The van der Waals surface area contributed by atoms with Gasteiger partial charge in [0.1, 0.15) is 13.2 Å². The van der Waals surface area contributed by atoms with Crippen LogP contribution in [0.4, 0.5) is 0 Å². The molecule has 3 saturated carbocycles. The van der Waals surface area contributed by atoms with Gasteiger partial charge < -0.3 is 20.1 Å². The number of rotatable bonds is 6. The summed E-state index contributed by atoms with van der Waals surface area (Å²) in [7, 11) is 0. The summed E-state index contributed by atoms with van der Waals surface area (Å²) in [4.78, 5) is 23.8. The van der Waals surface area contributed by atoms with Crippen LogP contribution < -0.4 is 10.6 Å². The number of hydrogen-bond donors (Lipinski definition) is 2. The minimum Gasteiger partial charge on any atom is -0.366 e. The molecule has 0 aromatic heterocycles. The number of hydrogen-bond acceptors (Lipinski definition) is 4. The molecule has 23 heavy (non-hydrogen) atoms. The molecule has 0 heterocycles. The van der Waals surface area contributed by atoms with E-state index in [4.69, 9.17) is 9.47 Å². The summed E-state index contributed by atoms with van der Waals surface area (Å²) in [5.41, 5.74) is -0.926. The van der Waals surface area contributed by atoms with E-state index in [0.29, 0.717) is 0 Å². The van der Waals surface area contributed by atoms with Crippen LogP contribution in [0, 0.1) is 0 Å². The van der Waals surface area contributed by atoms with Crippen molar-refractivity contribution in [1.82, 2.24) is 10.6 Å². The van der Waals surface area contributed by atoms with Crippen LogP contribution in [0.5, 0.6) is 0 Å². The highest BCUT2D eigenvalue weighted by molar-refractivity contribution is 5.81. The Balaban J connectivity index is 1.67. The predicted octanol–water partition coefficient (Wildman–Crippen LogP) is 1.52. The third-order valence-electron chi connectivity index (χ3n) is 4.11. The second kappa shape index (κ2) is 5.74. The van der Waals surface area contributed by atoms with Crippen molar-refractivity contribution in [3.63, 3.8) is 0 Å². The van der Waals surface area contributed by atoms with Crippen LogP contribution in [0.15, 0.2) is 0 Å². The normalized spacial score (nSPS) is 29.3. The van der Waals surface area contributed by atoms with Crippen LogP contribution in [0.2, 0.25) is 0 Å². The van der Waals surface area contributed by atoms with Gasteiger partial charge in [0.15, 0.2) is 0 Å². The molecule has 3 fully saturated rings. The molecular weight excluding hydrogens is 296 g/mol. The van der Waals surface area contributed by atoms with Crippen molar-refractivity contribution in [3.8, 4) is 0 Å². The van der Waals surface area contributed by atoms with E-state index in [2.05, 4.69) is 10.6 Å². The minimum atomic E-state index is -0.320. The van der Waals surface area contributed by atoms with E-state index in [1.807, 2.05) is 41.5 Å². The zero-order valence-corrected chi connectivity index (χ0v) is 15.2. The highest BCUT2D eigenvalue weighted by atomic mass is 16.5. The van der Waals surface area contributed by atoms with Gasteiger partial charge in [-0.05, 0) is 60.8 Å². The van der Waals surface area contributed by atoms with Gasteiger partial charge in [-0.25, -0.2) is 0 Å². The Morgan fingerprint density at radius 2 is 1.09 bits per heavy atom. The largest absolute Gasteiger partial charge is 0.366 e. The molecule has 0 radical (unpaired) electrons. The van der Waals surface area contributed by atoms with Crippen LogP contribution in [0.1, 0.15) is 60.8 Å². The summed E-state index contributed by atoms with van der Waals surface area (Å²) in [5, 5.41) is 6.08. The van der Waals surface area contributed by atoms with Crippen molar-refractivity contribution in [2.45, 2.75) is 83.1 Å². The quantitative estimate of drug-likeness (QED) is 0.776. The minimum absolute atomic E-state index is 0.0734. The maximum absolute atomic E-state index is 11.9. The molecule has 0 aromatic rings. The van der Waals surface area contributed by atoms with Gasteiger partial charge in [0, 0.05) is 11.1 Å². The molecule has 3 aliphatic rings.